The van der Waals surface area contributed by atoms with Gasteiger partial charge in [0.25, 0.3) is 11.6 Å². The molecule has 1 atom stereocenters. The summed E-state index contributed by atoms with van der Waals surface area (Å²) in [5.41, 5.74) is 0.544. The van der Waals surface area contributed by atoms with Crippen LogP contribution in [0.25, 0.3) is 5.76 Å². The first-order chi connectivity index (χ1) is 17.6. The summed E-state index contributed by atoms with van der Waals surface area (Å²) in [4.78, 5) is 54.9. The van der Waals surface area contributed by atoms with E-state index in [2.05, 4.69) is 4.98 Å². The standard InChI is InChI=1S/C25H28N4O8/c1-14-18(15(2)26-20(14)25(33)36-3)22(30)19-21(16-5-4-6-17(13-16)29(34)35)28(24(32)23(19)31)8-7-27-9-11-37-12-10-27/h4-6,13,21,26,30H,7-12H2,1-3H3/b22-19+. The van der Waals surface area contributed by atoms with E-state index in [9.17, 15) is 29.6 Å². The molecule has 196 valence electrons. The highest BCUT2D eigenvalue weighted by molar-refractivity contribution is 6.46. The molecule has 1 aromatic carbocycles. The molecule has 2 aliphatic rings. The highest BCUT2D eigenvalue weighted by Gasteiger charge is 2.45. The number of aromatic nitrogens is 1. The van der Waals surface area contributed by atoms with Crippen molar-refractivity contribution in [3.05, 3.63) is 68.0 Å². The lowest BCUT2D eigenvalue weighted by atomic mass is 9.93. The van der Waals surface area contributed by atoms with Gasteiger partial charge in [0.05, 0.1) is 44.4 Å². The number of Topliss-reactive ketones (excluding diaryl/α,β-unsaturated/α-hetero) is 1. The number of nitro groups is 1. The van der Waals surface area contributed by atoms with Gasteiger partial charge >= 0.3 is 5.97 Å². The van der Waals surface area contributed by atoms with Crippen LogP contribution >= 0.6 is 0 Å². The van der Waals surface area contributed by atoms with Crippen molar-refractivity contribution < 1.29 is 38.8 Å². The van der Waals surface area contributed by atoms with Gasteiger partial charge in [-0.2, -0.15) is 0 Å². The monoisotopic (exact) mass is 512 g/mol. The van der Waals surface area contributed by atoms with Crippen LogP contribution in [0.3, 0.4) is 0 Å². The molecule has 2 saturated heterocycles. The van der Waals surface area contributed by atoms with Crippen LogP contribution in [-0.4, -0.2) is 79.0 Å². The molecule has 4 rings (SSSR count). The van der Waals surface area contributed by atoms with Crippen LogP contribution in [0.5, 0.6) is 0 Å². The highest BCUT2D eigenvalue weighted by Crippen LogP contribution is 2.40. The Bertz CT molecular complexity index is 1290. The Labute approximate surface area is 212 Å². The molecule has 0 aliphatic carbocycles. The molecular weight excluding hydrogens is 484 g/mol. The normalized spacial score (nSPS) is 19.9. The fourth-order valence-corrected chi connectivity index (χ4v) is 4.98. The molecule has 2 aliphatic heterocycles. The zero-order valence-electron chi connectivity index (χ0n) is 20.8. The van der Waals surface area contributed by atoms with Crippen LogP contribution in [0.4, 0.5) is 5.69 Å². The predicted octanol–water partition coefficient (Wildman–Crippen LogP) is -0.535. The summed E-state index contributed by atoms with van der Waals surface area (Å²) in [6.07, 6.45) is 0. The fraction of sp³-hybridized carbons (Fsp3) is 0.400. The van der Waals surface area contributed by atoms with Crippen molar-refractivity contribution in [3.8, 4) is 0 Å². The third-order valence-corrected chi connectivity index (χ3v) is 6.89. The molecular formula is C25H28N4O8. The first-order valence-corrected chi connectivity index (χ1v) is 11.9. The molecule has 0 radical (unpaired) electrons. The van der Waals surface area contributed by atoms with Gasteiger partial charge in [-0.1, -0.05) is 17.9 Å². The highest BCUT2D eigenvalue weighted by atomic mass is 16.6. The number of ketones is 1. The molecule has 0 spiro atoms. The predicted molar refractivity (Wildman–Crippen MR) is 127 cm³/mol. The quantitative estimate of drug-likeness (QED) is 0.125. The van der Waals surface area contributed by atoms with Gasteiger partial charge in [-0.25, -0.2) is 4.79 Å². The van der Waals surface area contributed by atoms with Crippen molar-refractivity contribution in [3.63, 3.8) is 0 Å². The van der Waals surface area contributed by atoms with Gasteiger partial charge in [-0.05, 0) is 30.5 Å². The largest absolute Gasteiger partial charge is 0.872 e. The summed E-state index contributed by atoms with van der Waals surface area (Å²) in [6, 6.07) is 4.48. The number of likely N-dealkylation sites (tertiary alicyclic amines) is 1. The number of benzene rings is 1. The zero-order chi connectivity index (χ0) is 26.9. The van der Waals surface area contributed by atoms with Crippen molar-refractivity contribution in [2.75, 3.05) is 46.5 Å². The number of aromatic amines is 1. The number of carbonyl (C=O) groups is 3. The minimum atomic E-state index is -1.11. The minimum absolute atomic E-state index is 0.0698. The number of rotatable bonds is 7. The molecule has 12 heteroatoms. The first-order valence-electron chi connectivity index (χ1n) is 11.9. The maximum atomic E-state index is 13.9. The Balaban J connectivity index is 1.84. The number of nitrogens with zero attached hydrogens (tertiary/aromatic N) is 2. The van der Waals surface area contributed by atoms with Crippen LogP contribution in [0.15, 0.2) is 29.8 Å². The number of ether oxygens (including phenoxy) is 2. The Morgan fingerprint density at radius 2 is 1.97 bits per heavy atom. The van der Waals surface area contributed by atoms with Gasteiger partial charge in [0.1, 0.15) is 18.8 Å². The van der Waals surface area contributed by atoms with Crippen LogP contribution in [0.2, 0.25) is 0 Å². The number of nitro benzene ring substituents is 1. The Morgan fingerprint density at radius 1 is 1.27 bits per heavy atom. The topological polar surface area (TPSA) is 159 Å². The summed E-state index contributed by atoms with van der Waals surface area (Å²) in [7, 11) is 1.21. The summed E-state index contributed by atoms with van der Waals surface area (Å²) >= 11 is 0. The number of morpholine rings is 1. The Hall–Kier alpha value is -4.03. The molecule has 3 heterocycles. The number of nitrogens with one attached hydrogen (secondary N) is 2. The molecule has 1 unspecified atom stereocenters. The van der Waals surface area contributed by atoms with E-state index in [4.69, 9.17) is 9.47 Å². The Kier molecular flexibility index (Phi) is 7.41. The average Bonchev–Trinajstić information content (AvgIpc) is 3.34. The molecule has 2 N–H and O–H groups in total. The minimum Gasteiger partial charge on any atom is -0.872 e. The zero-order valence-corrected chi connectivity index (χ0v) is 20.8. The first kappa shape index (κ1) is 26.0. The second-order valence-electron chi connectivity index (χ2n) is 9.05. The molecule has 1 amide bonds. The van der Waals surface area contributed by atoms with E-state index in [1.807, 2.05) is 0 Å². The summed E-state index contributed by atoms with van der Waals surface area (Å²) in [6.45, 7) is 6.47. The van der Waals surface area contributed by atoms with Crippen LogP contribution in [0, 0.1) is 24.0 Å². The number of methoxy groups -OCH3 is 1. The fourth-order valence-electron chi connectivity index (χ4n) is 4.98. The van der Waals surface area contributed by atoms with E-state index in [0.29, 0.717) is 25.5 Å². The number of aryl methyl sites for hydroxylation is 1. The average molecular weight is 513 g/mol. The second-order valence-corrected chi connectivity index (χ2v) is 9.05. The maximum Gasteiger partial charge on any atom is 0.354 e. The van der Waals surface area contributed by atoms with Gasteiger partial charge in [-0.15, -0.1) is 0 Å². The number of hydrogen-bond acceptors (Lipinski definition) is 8. The lowest BCUT2D eigenvalue weighted by Crippen LogP contribution is -3.14. The van der Waals surface area contributed by atoms with Crippen molar-refractivity contribution in [2.24, 2.45) is 0 Å². The number of non-ortho nitro benzene ring substituents is 1. The number of H-pyrrole nitrogens is 1. The van der Waals surface area contributed by atoms with Gasteiger partial charge in [0.2, 0.25) is 5.78 Å². The SMILES string of the molecule is COC(=O)c1[nH]c(C)c(/C([O-])=C2\C(=O)C(=O)N(CC[NH+]3CCOCC3)C2c2cccc([N+](=O)[O-])c2)c1C. The van der Waals surface area contributed by atoms with E-state index >= 15 is 0 Å². The van der Waals surface area contributed by atoms with Crippen molar-refractivity contribution >= 4 is 29.1 Å². The van der Waals surface area contributed by atoms with Gasteiger partial charge < -0.3 is 29.4 Å². The van der Waals surface area contributed by atoms with E-state index in [-0.39, 0.29) is 40.2 Å². The molecule has 12 nitrogen and oxygen atoms in total. The van der Waals surface area contributed by atoms with Crippen molar-refractivity contribution in [2.45, 2.75) is 19.9 Å². The smallest absolute Gasteiger partial charge is 0.354 e. The molecule has 0 bridgehead atoms. The number of hydrogen-bond donors (Lipinski definition) is 2. The number of amides is 1. The third-order valence-electron chi connectivity index (χ3n) is 6.89. The number of esters is 1. The number of quaternary nitrogens is 1. The summed E-state index contributed by atoms with van der Waals surface area (Å²) < 4.78 is 10.1. The lowest BCUT2D eigenvalue weighted by molar-refractivity contribution is -0.907. The van der Waals surface area contributed by atoms with E-state index in [1.165, 1.54) is 35.1 Å². The molecule has 1 aromatic heterocycles. The van der Waals surface area contributed by atoms with E-state index in [1.54, 1.807) is 19.9 Å². The summed E-state index contributed by atoms with van der Waals surface area (Å²) in [5.74, 6) is -3.19. The molecule has 37 heavy (non-hydrogen) atoms. The van der Waals surface area contributed by atoms with Gasteiger partial charge in [0, 0.05) is 23.4 Å². The van der Waals surface area contributed by atoms with E-state index < -0.39 is 34.4 Å². The van der Waals surface area contributed by atoms with Crippen molar-refractivity contribution in [1.29, 1.82) is 0 Å². The molecule has 2 aromatic rings. The third kappa shape index (κ3) is 4.85. The Morgan fingerprint density at radius 3 is 2.62 bits per heavy atom. The second kappa shape index (κ2) is 10.5. The van der Waals surface area contributed by atoms with Crippen molar-refractivity contribution in [1.82, 2.24) is 9.88 Å². The van der Waals surface area contributed by atoms with Crippen LogP contribution in [0.1, 0.15) is 38.9 Å². The summed E-state index contributed by atoms with van der Waals surface area (Å²) in [5, 5.41) is 25.3. The number of carbonyl (C=O) groups excluding carboxylic acids is 3. The maximum absolute atomic E-state index is 13.9. The van der Waals surface area contributed by atoms with E-state index in [0.717, 1.165) is 13.1 Å². The van der Waals surface area contributed by atoms with Gasteiger partial charge in [0.15, 0.2) is 0 Å². The lowest BCUT2D eigenvalue weighted by Gasteiger charge is -2.30. The molecule has 2 fully saturated rings. The van der Waals surface area contributed by atoms with Crippen LogP contribution < -0.4 is 10.0 Å². The van der Waals surface area contributed by atoms with Crippen LogP contribution in [-0.2, 0) is 19.1 Å². The molecule has 0 saturated carbocycles. The van der Waals surface area contributed by atoms with Gasteiger partial charge in [-0.3, -0.25) is 19.7 Å².